The summed E-state index contributed by atoms with van der Waals surface area (Å²) in [5.74, 6) is 0.520. The third kappa shape index (κ3) is 2.68. The molecular formula is C22H20N4O2. The first-order valence-electron chi connectivity index (χ1n) is 9.59. The van der Waals surface area contributed by atoms with E-state index in [0.717, 1.165) is 37.2 Å². The molecule has 2 aliphatic rings. The van der Waals surface area contributed by atoms with Gasteiger partial charge in [0, 0.05) is 22.1 Å². The van der Waals surface area contributed by atoms with Crippen molar-refractivity contribution in [3.63, 3.8) is 0 Å². The highest BCUT2D eigenvalue weighted by Crippen LogP contribution is 2.39. The van der Waals surface area contributed by atoms with E-state index in [1.54, 1.807) is 12.1 Å². The molecule has 2 aromatic carbocycles. The molecule has 3 aromatic rings. The predicted octanol–water partition coefficient (Wildman–Crippen LogP) is 3.18. The molecule has 0 saturated carbocycles. The lowest BCUT2D eigenvalue weighted by Crippen LogP contribution is -2.31. The third-order valence-electron chi connectivity index (χ3n) is 5.47. The lowest BCUT2D eigenvalue weighted by atomic mass is 9.86. The van der Waals surface area contributed by atoms with Crippen LogP contribution in [-0.4, -0.2) is 46.2 Å². The van der Waals surface area contributed by atoms with E-state index in [9.17, 15) is 9.59 Å². The number of likely N-dealkylation sites (tertiary alicyclic amines) is 1. The molecule has 140 valence electrons. The molecule has 5 rings (SSSR count). The van der Waals surface area contributed by atoms with Gasteiger partial charge in [-0.05, 0) is 45.0 Å². The van der Waals surface area contributed by atoms with Gasteiger partial charge < -0.3 is 5.32 Å². The Hall–Kier alpha value is -3.12. The van der Waals surface area contributed by atoms with E-state index < -0.39 is 0 Å². The lowest BCUT2D eigenvalue weighted by Gasteiger charge is -2.21. The number of hydrogen-bond donors (Lipinski definition) is 1. The Bertz CT molecular complexity index is 1130. The van der Waals surface area contributed by atoms with Crippen LogP contribution in [0.3, 0.4) is 0 Å². The average Bonchev–Trinajstić information content (AvgIpc) is 3.19. The fourth-order valence-corrected chi connectivity index (χ4v) is 4.20. The number of nitrogens with zero attached hydrogens (tertiary/aromatic N) is 3. The van der Waals surface area contributed by atoms with Crippen LogP contribution in [0.2, 0.25) is 0 Å². The highest BCUT2D eigenvalue weighted by Gasteiger charge is 2.28. The van der Waals surface area contributed by atoms with Gasteiger partial charge in [0.1, 0.15) is 5.82 Å². The number of nitrogens with one attached hydrogen (secondary N) is 1. The number of rotatable bonds is 3. The minimum Gasteiger partial charge on any atom is -0.323 e. The normalized spacial score (nSPS) is 15.7. The molecule has 6 nitrogen and oxygen atoms in total. The highest BCUT2D eigenvalue weighted by atomic mass is 16.2. The number of ketones is 1. The van der Waals surface area contributed by atoms with E-state index in [0.29, 0.717) is 40.1 Å². The number of aromatic nitrogens is 2. The van der Waals surface area contributed by atoms with Gasteiger partial charge in [-0.2, -0.15) is 0 Å². The predicted molar refractivity (Wildman–Crippen MR) is 107 cm³/mol. The van der Waals surface area contributed by atoms with Crippen LogP contribution in [0.1, 0.15) is 34.6 Å². The summed E-state index contributed by atoms with van der Waals surface area (Å²) >= 11 is 0. The van der Waals surface area contributed by atoms with Crippen LogP contribution in [0.5, 0.6) is 0 Å². The maximum Gasteiger partial charge on any atom is 0.238 e. The van der Waals surface area contributed by atoms with Gasteiger partial charge in [0.25, 0.3) is 0 Å². The van der Waals surface area contributed by atoms with E-state index in [2.05, 4.69) is 20.2 Å². The number of carbonyl (C=O) groups is 2. The first-order valence-corrected chi connectivity index (χ1v) is 9.59. The summed E-state index contributed by atoms with van der Waals surface area (Å²) in [4.78, 5) is 36.9. The SMILES string of the molecule is Cc1nc2c3c(ccc(NC(=O)CN4CCCC4)c3n1)C(=O)c1ccccc1-2. The van der Waals surface area contributed by atoms with Crippen LogP contribution in [0.25, 0.3) is 22.2 Å². The van der Waals surface area contributed by atoms with Crippen LogP contribution in [0.4, 0.5) is 5.69 Å². The zero-order valence-corrected chi connectivity index (χ0v) is 15.7. The van der Waals surface area contributed by atoms with Crippen molar-refractivity contribution >= 4 is 28.3 Å². The fourth-order valence-electron chi connectivity index (χ4n) is 4.20. The van der Waals surface area contributed by atoms with Gasteiger partial charge in [0.2, 0.25) is 5.91 Å². The Morgan fingerprint density at radius 3 is 2.57 bits per heavy atom. The van der Waals surface area contributed by atoms with Crippen molar-refractivity contribution in [2.75, 3.05) is 25.0 Å². The number of aryl methyl sites for hydroxylation is 1. The molecule has 0 unspecified atom stereocenters. The Morgan fingerprint density at radius 2 is 1.79 bits per heavy atom. The molecule has 1 amide bonds. The van der Waals surface area contributed by atoms with E-state index in [1.807, 2.05) is 31.2 Å². The van der Waals surface area contributed by atoms with E-state index in [4.69, 9.17) is 0 Å². The molecule has 1 fully saturated rings. The first kappa shape index (κ1) is 17.0. The van der Waals surface area contributed by atoms with Crippen LogP contribution in [0, 0.1) is 6.92 Å². The summed E-state index contributed by atoms with van der Waals surface area (Å²) in [6.45, 7) is 4.13. The second-order valence-electron chi connectivity index (χ2n) is 7.41. The summed E-state index contributed by atoms with van der Waals surface area (Å²) in [6.07, 6.45) is 2.28. The highest BCUT2D eigenvalue weighted by molar-refractivity contribution is 6.26. The maximum atomic E-state index is 13.0. The molecule has 0 spiro atoms. The Labute approximate surface area is 162 Å². The Balaban J connectivity index is 1.62. The van der Waals surface area contributed by atoms with Crippen molar-refractivity contribution < 1.29 is 9.59 Å². The third-order valence-corrected chi connectivity index (χ3v) is 5.47. The Kier molecular flexibility index (Phi) is 3.94. The van der Waals surface area contributed by atoms with Gasteiger partial charge >= 0.3 is 0 Å². The van der Waals surface area contributed by atoms with E-state index >= 15 is 0 Å². The summed E-state index contributed by atoms with van der Waals surface area (Å²) in [6, 6.07) is 11.1. The standard InChI is InChI=1S/C22H20N4O2/c1-13-23-20-14-6-2-3-7-15(14)22(28)16-8-9-17(21(24-13)19(16)20)25-18(27)12-26-10-4-5-11-26/h2-3,6-9H,4-5,10-12H2,1H3,(H,25,27). The number of amides is 1. The van der Waals surface area contributed by atoms with Gasteiger partial charge in [-0.15, -0.1) is 0 Å². The second kappa shape index (κ2) is 6.49. The summed E-state index contributed by atoms with van der Waals surface area (Å²) in [7, 11) is 0. The zero-order chi connectivity index (χ0) is 19.3. The average molecular weight is 372 g/mol. The summed E-state index contributed by atoms with van der Waals surface area (Å²) < 4.78 is 0. The van der Waals surface area contributed by atoms with Crippen molar-refractivity contribution in [3.8, 4) is 11.3 Å². The first-order chi connectivity index (χ1) is 13.6. The molecule has 28 heavy (non-hydrogen) atoms. The van der Waals surface area contributed by atoms with Gasteiger partial charge in [0.05, 0.1) is 23.4 Å². The monoisotopic (exact) mass is 372 g/mol. The van der Waals surface area contributed by atoms with Crippen molar-refractivity contribution in [1.82, 2.24) is 14.9 Å². The smallest absolute Gasteiger partial charge is 0.238 e. The zero-order valence-electron chi connectivity index (χ0n) is 15.7. The molecule has 1 aliphatic carbocycles. The van der Waals surface area contributed by atoms with Crippen LogP contribution >= 0.6 is 0 Å². The molecular weight excluding hydrogens is 352 g/mol. The molecule has 6 heteroatoms. The number of anilines is 1. The number of benzene rings is 2. The van der Waals surface area contributed by atoms with Crippen molar-refractivity contribution in [2.24, 2.45) is 0 Å². The molecule has 1 aromatic heterocycles. The fraction of sp³-hybridized carbons (Fsp3) is 0.273. The number of fused-ring (bicyclic) bond motifs is 2. The lowest BCUT2D eigenvalue weighted by molar-refractivity contribution is -0.117. The molecule has 0 atom stereocenters. The van der Waals surface area contributed by atoms with Crippen LogP contribution in [0.15, 0.2) is 36.4 Å². The van der Waals surface area contributed by atoms with Crippen molar-refractivity contribution in [3.05, 3.63) is 53.3 Å². The van der Waals surface area contributed by atoms with Crippen molar-refractivity contribution in [2.45, 2.75) is 19.8 Å². The number of hydrogen-bond acceptors (Lipinski definition) is 5. The van der Waals surface area contributed by atoms with E-state index in [1.165, 1.54) is 0 Å². The molecule has 0 radical (unpaired) electrons. The van der Waals surface area contributed by atoms with Gasteiger partial charge in [-0.25, -0.2) is 9.97 Å². The topological polar surface area (TPSA) is 75.2 Å². The minimum absolute atomic E-state index is 0.0319. The van der Waals surface area contributed by atoms with Gasteiger partial charge in [-0.3, -0.25) is 14.5 Å². The van der Waals surface area contributed by atoms with Gasteiger partial charge in [0.15, 0.2) is 5.78 Å². The van der Waals surface area contributed by atoms with Crippen LogP contribution in [-0.2, 0) is 4.79 Å². The van der Waals surface area contributed by atoms with Crippen molar-refractivity contribution in [1.29, 1.82) is 0 Å². The summed E-state index contributed by atoms with van der Waals surface area (Å²) in [5, 5.41) is 3.71. The second-order valence-corrected chi connectivity index (χ2v) is 7.41. The van der Waals surface area contributed by atoms with Crippen LogP contribution < -0.4 is 5.32 Å². The van der Waals surface area contributed by atoms with E-state index in [-0.39, 0.29) is 11.7 Å². The quantitative estimate of drug-likeness (QED) is 0.598. The largest absolute Gasteiger partial charge is 0.323 e. The molecule has 1 saturated heterocycles. The maximum absolute atomic E-state index is 13.0. The number of carbonyl (C=O) groups excluding carboxylic acids is 2. The summed E-state index contributed by atoms with van der Waals surface area (Å²) in [5.41, 5.74) is 4.06. The molecule has 0 bridgehead atoms. The van der Waals surface area contributed by atoms with Gasteiger partial charge in [-0.1, -0.05) is 24.3 Å². The molecule has 1 N–H and O–H groups in total. The minimum atomic E-state index is -0.0578. The Morgan fingerprint density at radius 1 is 1.04 bits per heavy atom. The molecule has 2 heterocycles. The molecule has 1 aliphatic heterocycles.